The molecular weight excluding hydrogens is 679 g/mol. The summed E-state index contributed by atoms with van der Waals surface area (Å²) in [6.07, 6.45) is 3.65. The van der Waals surface area contributed by atoms with Crippen molar-refractivity contribution in [3.05, 3.63) is 108 Å². The number of benzene rings is 3. The van der Waals surface area contributed by atoms with Gasteiger partial charge in [0.2, 0.25) is 0 Å². The molecule has 0 heterocycles. The minimum Gasteiger partial charge on any atom is -1.00 e. The van der Waals surface area contributed by atoms with E-state index in [9.17, 15) is 0 Å². The van der Waals surface area contributed by atoms with Gasteiger partial charge in [0.25, 0.3) is 0 Å². The van der Waals surface area contributed by atoms with Gasteiger partial charge in [-0.05, 0) is 0 Å². The molecule has 0 spiro atoms. The van der Waals surface area contributed by atoms with Gasteiger partial charge >= 0.3 is 279 Å². The van der Waals surface area contributed by atoms with E-state index < -0.39 is 21.3 Å². The molecule has 0 bridgehead atoms. The summed E-state index contributed by atoms with van der Waals surface area (Å²) in [5.41, 5.74) is 15.4. The van der Waals surface area contributed by atoms with Gasteiger partial charge in [0.1, 0.15) is 0 Å². The fraction of sp³-hybridized carbons (Fsp3) is 0.465. The molecule has 0 saturated carbocycles. The van der Waals surface area contributed by atoms with Crippen LogP contribution in [0.3, 0.4) is 0 Å². The fourth-order valence-electron chi connectivity index (χ4n) is 7.17. The van der Waals surface area contributed by atoms with Crippen LogP contribution in [0.2, 0.25) is 0 Å². The van der Waals surface area contributed by atoms with Gasteiger partial charge in [0.15, 0.2) is 0 Å². The zero-order valence-electron chi connectivity index (χ0n) is 30.9. The molecule has 0 amide bonds. The summed E-state index contributed by atoms with van der Waals surface area (Å²) in [5.74, 6) is 0.480. The molecular formula is C43H56Cl2Zr. The Morgan fingerprint density at radius 3 is 1.65 bits per heavy atom. The van der Waals surface area contributed by atoms with E-state index in [1.54, 1.807) is 23.3 Å². The molecule has 0 saturated heterocycles. The van der Waals surface area contributed by atoms with Crippen molar-refractivity contribution < 1.29 is 46.1 Å². The van der Waals surface area contributed by atoms with Crippen molar-refractivity contribution in [1.82, 2.24) is 0 Å². The summed E-state index contributed by atoms with van der Waals surface area (Å²) >= 11 is -2.60. The quantitative estimate of drug-likeness (QED) is 0.274. The third-order valence-electron chi connectivity index (χ3n) is 9.91. The van der Waals surface area contributed by atoms with Gasteiger partial charge in [0.05, 0.1) is 0 Å². The van der Waals surface area contributed by atoms with Crippen LogP contribution in [0.4, 0.5) is 0 Å². The Morgan fingerprint density at radius 1 is 0.630 bits per heavy atom. The van der Waals surface area contributed by atoms with Crippen molar-refractivity contribution >= 4 is 6.98 Å². The van der Waals surface area contributed by atoms with Crippen molar-refractivity contribution in [2.45, 2.75) is 120 Å². The van der Waals surface area contributed by atoms with Gasteiger partial charge in [-0.15, -0.1) is 0 Å². The van der Waals surface area contributed by atoms with Crippen molar-refractivity contribution in [3.63, 3.8) is 0 Å². The Morgan fingerprint density at radius 2 is 1.15 bits per heavy atom. The van der Waals surface area contributed by atoms with Crippen molar-refractivity contribution in [2.75, 3.05) is 0 Å². The van der Waals surface area contributed by atoms with Crippen LogP contribution < -0.4 is 28.1 Å². The summed E-state index contributed by atoms with van der Waals surface area (Å²) < 4.78 is 6.22. The first-order valence-corrected chi connectivity index (χ1v) is 20.6. The summed E-state index contributed by atoms with van der Waals surface area (Å²) in [6, 6.07) is 22.0. The molecule has 2 aliphatic rings. The van der Waals surface area contributed by atoms with Crippen molar-refractivity contribution in [1.29, 1.82) is 0 Å². The zero-order valence-corrected chi connectivity index (χ0v) is 34.9. The van der Waals surface area contributed by atoms with Crippen LogP contribution in [-0.2, 0) is 43.9 Å². The minimum atomic E-state index is -2.60. The summed E-state index contributed by atoms with van der Waals surface area (Å²) in [6.45, 7) is 33.2. The van der Waals surface area contributed by atoms with Crippen LogP contribution in [0, 0.1) is 11.3 Å². The van der Waals surface area contributed by atoms with Gasteiger partial charge in [-0.3, -0.25) is 0 Å². The summed E-state index contributed by atoms with van der Waals surface area (Å²) in [7, 11) is 0. The number of rotatable bonds is 3. The molecule has 0 radical (unpaired) electrons. The molecule has 3 aromatic rings. The van der Waals surface area contributed by atoms with Crippen LogP contribution >= 0.6 is 0 Å². The second-order valence-corrected chi connectivity index (χ2v) is 23.1. The SMILES string of the molecule is CC1=[C](/[Zr+2](=[CH]/c2ccc(C(C)(C)C)cc2)[c]2cc(C(C)(C)C)cc3c2Cc2ccc(C(C)(C)C)cc2-3)C(C)C=C1C(C)(C)C.[Cl-].[Cl-]. The first kappa shape index (κ1) is 38.9. The van der Waals surface area contributed by atoms with Crippen LogP contribution in [0.5, 0.6) is 0 Å². The number of hydrogen-bond donors (Lipinski definition) is 0. The minimum absolute atomic E-state index is 0. The van der Waals surface area contributed by atoms with E-state index >= 15 is 0 Å². The predicted molar refractivity (Wildman–Crippen MR) is 191 cm³/mol. The molecule has 1 atom stereocenters. The fourth-order valence-corrected chi connectivity index (χ4v) is 14.8. The maximum absolute atomic E-state index is 2.77. The number of fused-ring (bicyclic) bond motifs is 3. The van der Waals surface area contributed by atoms with Gasteiger partial charge in [0, 0.05) is 0 Å². The second-order valence-electron chi connectivity index (χ2n) is 17.7. The largest absolute Gasteiger partial charge is 1.00 e. The Bertz CT molecular complexity index is 1700. The van der Waals surface area contributed by atoms with Crippen molar-refractivity contribution in [3.8, 4) is 11.1 Å². The molecule has 0 aromatic heterocycles. The molecule has 0 fully saturated rings. The molecule has 0 aliphatic heterocycles. The van der Waals surface area contributed by atoms with E-state index in [0.717, 1.165) is 6.42 Å². The van der Waals surface area contributed by atoms with E-state index in [2.05, 4.69) is 161 Å². The van der Waals surface area contributed by atoms with E-state index in [1.165, 1.54) is 38.9 Å². The Kier molecular flexibility index (Phi) is 11.3. The number of halogens is 2. The van der Waals surface area contributed by atoms with E-state index in [0.29, 0.717) is 5.92 Å². The molecule has 3 aromatic carbocycles. The monoisotopic (exact) mass is 732 g/mol. The third kappa shape index (κ3) is 7.69. The predicted octanol–water partition coefficient (Wildman–Crippen LogP) is 5.15. The number of allylic oxidation sites excluding steroid dienone is 4. The molecule has 246 valence electrons. The molecule has 1 unspecified atom stereocenters. The molecule has 0 nitrogen and oxygen atoms in total. The van der Waals surface area contributed by atoms with Crippen LogP contribution in [-0.4, -0.2) is 3.71 Å². The third-order valence-corrected chi connectivity index (χ3v) is 17.4. The summed E-state index contributed by atoms with van der Waals surface area (Å²) in [5, 5.41) is 0. The summed E-state index contributed by atoms with van der Waals surface area (Å²) in [4.78, 5) is 0. The first-order chi connectivity index (χ1) is 20.2. The number of hydrogen-bond acceptors (Lipinski definition) is 0. The average molecular weight is 735 g/mol. The first-order valence-electron chi connectivity index (χ1n) is 16.7. The molecule has 5 rings (SSSR count). The van der Waals surface area contributed by atoms with Gasteiger partial charge in [-0.1, -0.05) is 0 Å². The molecule has 3 heteroatoms. The maximum atomic E-state index is 2.77. The second kappa shape index (κ2) is 13.4. The van der Waals surface area contributed by atoms with Crippen molar-refractivity contribution in [2.24, 2.45) is 11.3 Å². The Labute approximate surface area is 301 Å². The normalized spacial score (nSPS) is 16.5. The Hall–Kier alpha value is -1.53. The van der Waals surface area contributed by atoms with Crippen LogP contribution in [0.1, 0.15) is 130 Å². The Balaban J connectivity index is 0.00000288. The molecule has 0 N–H and O–H groups in total. The van der Waals surface area contributed by atoms with Gasteiger partial charge < -0.3 is 24.8 Å². The molecule has 2 aliphatic carbocycles. The molecule has 46 heavy (non-hydrogen) atoms. The van der Waals surface area contributed by atoms with E-state index in [4.69, 9.17) is 0 Å². The van der Waals surface area contributed by atoms with Crippen LogP contribution in [0.15, 0.2) is 75.1 Å². The standard InChI is InChI=1S/C21H25.C11H17.C11H14.2ClH.Zr/c1-20(2,3)16-9-7-14-11-15-8-10-17(21(4,5)6)13-19(15)18(14)12-16;1-8-6-9(2)10(7-8)11(3,4)5;1-9-5-7-10(8-6-9)11(2,3)4;;;/h7,9-10,12-13H,11H2,1-6H3;7-8H,1-5H3;1,5-8H,2-4H3;2*1H;/q;;;;;+2/p-2. The average Bonchev–Trinajstić information content (AvgIpc) is 3.41. The zero-order chi connectivity index (χ0) is 32.6. The van der Waals surface area contributed by atoms with E-state index in [1.807, 2.05) is 0 Å². The van der Waals surface area contributed by atoms with Gasteiger partial charge in [-0.25, -0.2) is 0 Å². The maximum Gasteiger partial charge on any atom is -1.00 e. The van der Waals surface area contributed by atoms with Crippen LogP contribution in [0.25, 0.3) is 11.1 Å². The smallest absolute Gasteiger partial charge is 1.00 e. The van der Waals surface area contributed by atoms with E-state index in [-0.39, 0.29) is 46.5 Å². The topological polar surface area (TPSA) is 0 Å². The van der Waals surface area contributed by atoms with Gasteiger partial charge in [-0.2, -0.15) is 0 Å².